The zero-order valence-corrected chi connectivity index (χ0v) is 21.2. The quantitative estimate of drug-likeness (QED) is 0.324. The van der Waals surface area contributed by atoms with E-state index in [0.717, 1.165) is 12.8 Å². The number of hydrogen-bond donors (Lipinski definition) is 2. The summed E-state index contributed by atoms with van der Waals surface area (Å²) in [6.07, 6.45) is 5.54. The number of aliphatic hydroxyl groups excluding tert-OH is 2. The molecule has 2 N–H and O–H groups in total. The van der Waals surface area contributed by atoms with Crippen LogP contribution >= 0.6 is 0 Å². The van der Waals surface area contributed by atoms with Crippen molar-refractivity contribution in [3.8, 4) is 0 Å². The number of aliphatic hydroxyl groups is 2. The summed E-state index contributed by atoms with van der Waals surface area (Å²) in [5.41, 5.74) is -0.0113. The number of methoxy groups -OCH3 is 1. The fourth-order valence-corrected chi connectivity index (χ4v) is 6.97. The number of carbonyl (C=O) groups excluding carboxylic acids is 2. The van der Waals surface area contributed by atoms with Crippen LogP contribution in [-0.4, -0.2) is 65.9 Å². The van der Waals surface area contributed by atoms with E-state index in [9.17, 15) is 19.8 Å². The number of nitrogens with zero attached hydrogens (tertiary/aromatic N) is 1. The topological polar surface area (TPSA) is 96.3 Å². The van der Waals surface area contributed by atoms with Crippen molar-refractivity contribution < 1.29 is 29.3 Å². The Morgan fingerprint density at radius 2 is 1.86 bits per heavy atom. The zero-order valence-electron chi connectivity index (χ0n) is 21.2. The molecule has 0 bridgehead atoms. The normalized spacial score (nSPS) is 37.6. The Labute approximate surface area is 207 Å². The molecule has 1 saturated carbocycles. The van der Waals surface area contributed by atoms with Crippen LogP contribution in [0.2, 0.25) is 0 Å². The minimum atomic E-state index is -1.12. The predicted molar refractivity (Wildman–Crippen MR) is 132 cm³/mol. The SMILES string of the molecule is C=CCN(C=C1C(=O)OC(COC)C2(C)C1=C(O)C(=O)C1=C2C(O)CC2(C)C(C)CCC12)CC=C. The summed E-state index contributed by atoms with van der Waals surface area (Å²) in [5, 5.41) is 23.0. The predicted octanol–water partition coefficient (Wildman–Crippen LogP) is 3.63. The first kappa shape index (κ1) is 25.5. The number of rotatable bonds is 7. The Morgan fingerprint density at radius 1 is 1.20 bits per heavy atom. The van der Waals surface area contributed by atoms with Crippen molar-refractivity contribution in [3.63, 3.8) is 0 Å². The summed E-state index contributed by atoms with van der Waals surface area (Å²) in [7, 11) is 1.51. The molecule has 0 amide bonds. The number of cyclic esters (lactones) is 1. The molecule has 6 unspecified atom stereocenters. The average molecular weight is 484 g/mol. The Hall–Kier alpha value is -2.64. The molecule has 35 heavy (non-hydrogen) atoms. The minimum absolute atomic E-state index is 0.0609. The minimum Gasteiger partial charge on any atom is -0.504 e. The maximum absolute atomic E-state index is 13.8. The molecule has 7 nitrogen and oxygen atoms in total. The molecule has 2 fully saturated rings. The summed E-state index contributed by atoms with van der Waals surface area (Å²) < 4.78 is 11.3. The van der Waals surface area contributed by atoms with Gasteiger partial charge in [0.25, 0.3) is 0 Å². The number of esters is 1. The van der Waals surface area contributed by atoms with Gasteiger partial charge in [0, 0.05) is 37.5 Å². The van der Waals surface area contributed by atoms with Crippen molar-refractivity contribution in [3.05, 3.63) is 59.6 Å². The third-order valence-electron chi connectivity index (χ3n) is 8.93. The third-order valence-corrected chi connectivity index (χ3v) is 8.93. The lowest BCUT2D eigenvalue weighted by Gasteiger charge is -2.53. The highest BCUT2D eigenvalue weighted by Crippen LogP contribution is 2.63. The molecule has 3 aliphatic carbocycles. The van der Waals surface area contributed by atoms with Crippen LogP contribution in [-0.2, 0) is 19.1 Å². The van der Waals surface area contributed by atoms with E-state index in [2.05, 4.69) is 27.0 Å². The van der Waals surface area contributed by atoms with Crippen LogP contribution in [0.25, 0.3) is 0 Å². The van der Waals surface area contributed by atoms with Gasteiger partial charge < -0.3 is 24.6 Å². The van der Waals surface area contributed by atoms with Crippen LogP contribution in [0, 0.1) is 22.7 Å². The van der Waals surface area contributed by atoms with Gasteiger partial charge in [0.1, 0.15) is 6.10 Å². The number of fused-ring (bicyclic) bond motifs is 4. The lowest BCUT2D eigenvalue weighted by molar-refractivity contribution is -0.157. The van der Waals surface area contributed by atoms with E-state index in [0.29, 0.717) is 36.6 Å². The number of carbonyl (C=O) groups is 2. The molecule has 0 radical (unpaired) electrons. The van der Waals surface area contributed by atoms with Gasteiger partial charge in [0.05, 0.1) is 23.7 Å². The Morgan fingerprint density at radius 3 is 2.46 bits per heavy atom. The summed E-state index contributed by atoms with van der Waals surface area (Å²) in [5.74, 6) is -1.32. The van der Waals surface area contributed by atoms with E-state index in [-0.39, 0.29) is 29.1 Å². The molecule has 0 aromatic rings. The first-order valence-electron chi connectivity index (χ1n) is 12.3. The van der Waals surface area contributed by atoms with Crippen molar-refractivity contribution in [2.45, 2.75) is 52.2 Å². The Balaban J connectivity index is 1.96. The number of hydrogen-bond acceptors (Lipinski definition) is 7. The zero-order chi connectivity index (χ0) is 25.7. The number of allylic oxidation sites excluding steroid dienone is 1. The summed E-state index contributed by atoms with van der Waals surface area (Å²) in [4.78, 5) is 28.8. The highest BCUT2D eigenvalue weighted by Gasteiger charge is 2.63. The van der Waals surface area contributed by atoms with E-state index in [1.165, 1.54) is 7.11 Å². The molecule has 0 aromatic heterocycles. The van der Waals surface area contributed by atoms with E-state index < -0.39 is 35.1 Å². The van der Waals surface area contributed by atoms with Crippen LogP contribution in [0.5, 0.6) is 0 Å². The van der Waals surface area contributed by atoms with Gasteiger partial charge in [0.2, 0.25) is 5.78 Å². The molecule has 1 saturated heterocycles. The molecule has 0 aromatic carbocycles. The van der Waals surface area contributed by atoms with Crippen molar-refractivity contribution in [1.82, 2.24) is 4.90 Å². The fourth-order valence-electron chi connectivity index (χ4n) is 6.97. The summed E-state index contributed by atoms with van der Waals surface area (Å²) in [6, 6.07) is 0. The Kier molecular flexibility index (Phi) is 6.62. The standard InChI is InChI=1S/C28H37NO6/c1-7-11-29(12-8-2)14-17-22-25(32)24(31)21-18-10-9-16(3)27(18,4)13-19(30)23(21)28(22,5)20(15-34-6)35-26(17)33/h7-8,14,16,18-20,30,32H,1-2,9-13,15H2,3-6H3. The van der Waals surface area contributed by atoms with Gasteiger partial charge in [-0.3, -0.25) is 4.79 Å². The smallest absolute Gasteiger partial charge is 0.340 e. The second kappa shape index (κ2) is 9.10. The van der Waals surface area contributed by atoms with Crippen molar-refractivity contribution >= 4 is 11.8 Å². The molecule has 190 valence electrons. The highest BCUT2D eigenvalue weighted by atomic mass is 16.6. The molecule has 1 heterocycles. The molecule has 1 aliphatic heterocycles. The molecule has 4 aliphatic rings. The maximum atomic E-state index is 13.8. The lowest BCUT2D eigenvalue weighted by Crippen LogP contribution is -2.56. The largest absolute Gasteiger partial charge is 0.504 e. The first-order chi connectivity index (χ1) is 16.6. The van der Waals surface area contributed by atoms with E-state index in [1.54, 1.807) is 23.3 Å². The van der Waals surface area contributed by atoms with E-state index in [4.69, 9.17) is 9.47 Å². The summed E-state index contributed by atoms with van der Waals surface area (Å²) in [6.45, 7) is 14.6. The van der Waals surface area contributed by atoms with Crippen molar-refractivity contribution in [2.75, 3.05) is 26.8 Å². The molecule has 7 heteroatoms. The molecule has 0 spiro atoms. The average Bonchev–Trinajstić information content (AvgIpc) is 3.09. The second-order valence-electron chi connectivity index (χ2n) is 10.8. The van der Waals surface area contributed by atoms with Gasteiger partial charge in [-0.1, -0.05) is 26.0 Å². The van der Waals surface area contributed by atoms with Gasteiger partial charge in [-0.2, -0.15) is 0 Å². The van der Waals surface area contributed by atoms with Crippen molar-refractivity contribution in [2.24, 2.45) is 22.7 Å². The van der Waals surface area contributed by atoms with Gasteiger partial charge in [0.15, 0.2) is 5.76 Å². The van der Waals surface area contributed by atoms with Crippen molar-refractivity contribution in [1.29, 1.82) is 0 Å². The van der Waals surface area contributed by atoms with E-state index >= 15 is 0 Å². The van der Waals surface area contributed by atoms with Gasteiger partial charge in [-0.15, -0.1) is 13.2 Å². The number of Topliss-reactive ketones (excluding diaryl/α,β-unsaturated/α-hetero) is 1. The van der Waals surface area contributed by atoms with Gasteiger partial charge in [-0.05, 0) is 49.0 Å². The maximum Gasteiger partial charge on any atom is 0.340 e. The van der Waals surface area contributed by atoms with Gasteiger partial charge >= 0.3 is 5.97 Å². The molecular formula is C28H37NO6. The van der Waals surface area contributed by atoms with E-state index in [1.807, 2.05) is 6.92 Å². The highest BCUT2D eigenvalue weighted by molar-refractivity contribution is 6.13. The number of ketones is 1. The van der Waals surface area contributed by atoms with Crippen LogP contribution in [0.4, 0.5) is 0 Å². The van der Waals surface area contributed by atoms with Crippen LogP contribution in [0.1, 0.15) is 40.0 Å². The fraction of sp³-hybridized carbons (Fsp3) is 0.571. The monoisotopic (exact) mass is 483 g/mol. The molecular weight excluding hydrogens is 446 g/mol. The van der Waals surface area contributed by atoms with Crippen LogP contribution < -0.4 is 0 Å². The number of ether oxygens (including phenoxy) is 2. The molecule has 6 atom stereocenters. The van der Waals surface area contributed by atoms with Gasteiger partial charge in [-0.25, -0.2) is 4.79 Å². The Bertz CT molecular complexity index is 1040. The first-order valence-corrected chi connectivity index (χ1v) is 12.3. The second-order valence-corrected chi connectivity index (χ2v) is 10.8. The van der Waals surface area contributed by atoms with Crippen LogP contribution in [0.3, 0.4) is 0 Å². The lowest BCUT2D eigenvalue weighted by atomic mass is 9.52. The third kappa shape index (κ3) is 3.62. The molecule has 4 rings (SSSR count). The van der Waals surface area contributed by atoms with Crippen LogP contribution in [0.15, 0.2) is 59.6 Å². The summed E-state index contributed by atoms with van der Waals surface area (Å²) >= 11 is 0.